The summed E-state index contributed by atoms with van der Waals surface area (Å²) in [6, 6.07) is 0. The fourth-order valence-electron chi connectivity index (χ4n) is 9.07. The molecule has 4 saturated carbocycles. The predicted octanol–water partition coefficient (Wildman–Crippen LogP) is 4.88. The zero-order chi connectivity index (χ0) is 22.8. The Morgan fingerprint density at radius 1 is 1.03 bits per heavy atom. The van der Waals surface area contributed by atoms with Crippen LogP contribution in [-0.2, 0) is 4.79 Å². The van der Waals surface area contributed by atoms with Gasteiger partial charge in [0.25, 0.3) is 0 Å². The van der Waals surface area contributed by atoms with Gasteiger partial charge in [-0.15, -0.1) is 0 Å². The molecule has 31 heavy (non-hydrogen) atoms. The van der Waals surface area contributed by atoms with Crippen LogP contribution in [0.2, 0.25) is 0 Å². The van der Waals surface area contributed by atoms with Crippen molar-refractivity contribution in [3.05, 3.63) is 0 Å². The monoisotopic (exact) mass is 434 g/mol. The van der Waals surface area contributed by atoms with E-state index >= 15 is 0 Å². The van der Waals surface area contributed by atoms with Crippen molar-refractivity contribution in [3.8, 4) is 0 Å². The van der Waals surface area contributed by atoms with Gasteiger partial charge in [-0.3, -0.25) is 4.79 Å². The van der Waals surface area contributed by atoms with E-state index in [1.54, 1.807) is 13.8 Å². The van der Waals surface area contributed by atoms with E-state index < -0.39 is 11.2 Å². The summed E-state index contributed by atoms with van der Waals surface area (Å²) in [4.78, 5) is 12.3. The summed E-state index contributed by atoms with van der Waals surface area (Å²) >= 11 is 0. The fraction of sp³-hybridized carbons (Fsp3) is 0.963. The van der Waals surface area contributed by atoms with E-state index in [9.17, 15) is 20.1 Å². The maximum absolute atomic E-state index is 12.3. The van der Waals surface area contributed by atoms with E-state index in [-0.39, 0.29) is 17.3 Å². The maximum atomic E-state index is 12.3. The number of hydrogen-bond donors (Lipinski definition) is 3. The lowest BCUT2D eigenvalue weighted by Gasteiger charge is -2.64. The molecule has 4 aliphatic rings. The molecule has 0 aromatic rings. The Hall–Kier alpha value is -0.450. The minimum absolute atomic E-state index is 0.0401. The van der Waals surface area contributed by atoms with Crippen molar-refractivity contribution in [1.29, 1.82) is 0 Å². The molecule has 0 aliphatic heterocycles. The highest BCUT2D eigenvalue weighted by atomic mass is 16.3. The largest absolute Gasteiger partial charge is 0.393 e. The molecule has 0 heterocycles. The number of aliphatic hydroxyl groups excluding tert-OH is 1. The first-order chi connectivity index (χ1) is 14.3. The van der Waals surface area contributed by atoms with Crippen molar-refractivity contribution in [2.24, 2.45) is 40.4 Å². The van der Waals surface area contributed by atoms with Crippen LogP contribution in [0.15, 0.2) is 0 Å². The molecule has 0 aromatic carbocycles. The van der Waals surface area contributed by atoms with Crippen LogP contribution in [0.5, 0.6) is 0 Å². The number of hydrogen-bond acceptors (Lipinski definition) is 4. The Labute approximate surface area is 189 Å². The zero-order valence-corrected chi connectivity index (χ0v) is 20.5. The van der Waals surface area contributed by atoms with E-state index in [1.807, 2.05) is 0 Å². The van der Waals surface area contributed by atoms with Crippen LogP contribution >= 0.6 is 0 Å². The van der Waals surface area contributed by atoms with Crippen molar-refractivity contribution in [2.75, 3.05) is 0 Å². The highest BCUT2D eigenvalue weighted by Gasteiger charge is 2.64. The van der Waals surface area contributed by atoms with E-state index in [2.05, 4.69) is 20.8 Å². The number of rotatable bonds is 5. The lowest BCUT2D eigenvalue weighted by Crippen LogP contribution is -2.62. The van der Waals surface area contributed by atoms with Gasteiger partial charge in [0.15, 0.2) is 5.78 Å². The Balaban J connectivity index is 1.48. The molecule has 0 saturated heterocycles. The number of carbonyl (C=O) groups is 1. The third-order valence-electron chi connectivity index (χ3n) is 11.0. The molecular formula is C27H46O4. The van der Waals surface area contributed by atoms with Crippen molar-refractivity contribution in [2.45, 2.75) is 123 Å². The minimum Gasteiger partial charge on any atom is -0.393 e. The van der Waals surface area contributed by atoms with Crippen LogP contribution in [0, 0.1) is 40.4 Å². The Morgan fingerprint density at radius 2 is 1.74 bits per heavy atom. The molecule has 0 aromatic heterocycles. The summed E-state index contributed by atoms with van der Waals surface area (Å²) in [6.07, 6.45) is 10.2. The molecule has 9 atom stereocenters. The molecule has 0 amide bonds. The van der Waals surface area contributed by atoms with E-state index in [1.165, 1.54) is 25.7 Å². The van der Waals surface area contributed by atoms with Gasteiger partial charge in [0, 0.05) is 12.8 Å². The average molecular weight is 435 g/mol. The average Bonchev–Trinajstić information content (AvgIpc) is 3.03. The molecule has 0 bridgehead atoms. The Bertz CT molecular complexity index is 698. The van der Waals surface area contributed by atoms with Crippen molar-refractivity contribution >= 4 is 5.78 Å². The SMILES string of the molecule is C[C@H](CCC(=O)C(C)(C)O)[C@H]1CC[C@H]2[C@@H]3CCC4(O)CC(O)CC[C@]4(C)[C@H]3CC[C@]12C. The molecule has 2 unspecified atom stereocenters. The summed E-state index contributed by atoms with van der Waals surface area (Å²) in [5, 5.41) is 31.8. The highest BCUT2D eigenvalue weighted by molar-refractivity contribution is 5.86. The maximum Gasteiger partial charge on any atom is 0.163 e. The number of Topliss-reactive ketones (excluding diaryl/α,β-unsaturated/α-hetero) is 1. The number of fused-ring (bicyclic) bond motifs is 5. The van der Waals surface area contributed by atoms with Crippen LogP contribution in [0.25, 0.3) is 0 Å². The van der Waals surface area contributed by atoms with Gasteiger partial charge < -0.3 is 15.3 Å². The lowest BCUT2D eigenvalue weighted by atomic mass is 9.43. The van der Waals surface area contributed by atoms with Crippen LogP contribution in [-0.4, -0.2) is 38.4 Å². The molecule has 178 valence electrons. The number of carbonyl (C=O) groups excluding carboxylic acids is 1. The first-order valence-electron chi connectivity index (χ1n) is 13.0. The quantitative estimate of drug-likeness (QED) is 0.576. The van der Waals surface area contributed by atoms with Gasteiger partial charge in [-0.2, -0.15) is 0 Å². The molecule has 3 N–H and O–H groups in total. The summed E-state index contributed by atoms with van der Waals surface area (Å²) in [6.45, 7) is 10.4. The van der Waals surface area contributed by atoms with Crippen molar-refractivity contribution < 1.29 is 20.1 Å². The van der Waals surface area contributed by atoms with Crippen LogP contribution in [0.1, 0.15) is 105 Å². The normalized spacial score (nSPS) is 48.5. The molecular weight excluding hydrogens is 388 g/mol. The Morgan fingerprint density at radius 3 is 2.42 bits per heavy atom. The minimum atomic E-state index is -1.22. The zero-order valence-electron chi connectivity index (χ0n) is 20.5. The summed E-state index contributed by atoms with van der Waals surface area (Å²) < 4.78 is 0. The van der Waals surface area contributed by atoms with Gasteiger partial charge in [-0.1, -0.05) is 20.8 Å². The fourth-order valence-corrected chi connectivity index (χ4v) is 9.07. The first-order valence-corrected chi connectivity index (χ1v) is 13.0. The second kappa shape index (κ2) is 7.81. The second-order valence-electron chi connectivity index (χ2n) is 13.0. The Kier molecular flexibility index (Phi) is 5.97. The number of aliphatic hydroxyl groups is 3. The van der Waals surface area contributed by atoms with Crippen LogP contribution in [0.3, 0.4) is 0 Å². The second-order valence-corrected chi connectivity index (χ2v) is 13.0. The standard InChI is InChI=1S/C27H46O4/c1-17(6-9-23(29)24(2,3)30)20-7-8-21-19-11-15-27(31)16-18(28)10-14-26(27,5)22(19)12-13-25(20,21)4/h17-22,28,30-31H,6-16H2,1-5H3/t17-,18?,19+,20-,21+,22+,25-,26-,27?/m1/s1. The molecule has 0 radical (unpaired) electrons. The first kappa shape index (κ1) is 23.7. The van der Waals surface area contributed by atoms with E-state index in [4.69, 9.17) is 0 Å². The van der Waals surface area contributed by atoms with Gasteiger partial charge in [0.2, 0.25) is 0 Å². The predicted molar refractivity (Wildman–Crippen MR) is 122 cm³/mol. The highest BCUT2D eigenvalue weighted by Crippen LogP contribution is 2.69. The lowest BCUT2D eigenvalue weighted by molar-refractivity contribution is -0.220. The summed E-state index contributed by atoms with van der Waals surface area (Å²) in [5.41, 5.74) is -1.64. The van der Waals surface area contributed by atoms with Gasteiger partial charge >= 0.3 is 0 Å². The van der Waals surface area contributed by atoms with Gasteiger partial charge in [-0.05, 0) is 112 Å². The summed E-state index contributed by atoms with van der Waals surface area (Å²) in [5.74, 6) is 3.09. The molecule has 4 fully saturated rings. The number of ketones is 1. The molecule has 4 aliphatic carbocycles. The molecule has 4 rings (SSSR count). The van der Waals surface area contributed by atoms with Crippen LogP contribution < -0.4 is 0 Å². The third-order valence-corrected chi connectivity index (χ3v) is 11.0. The third kappa shape index (κ3) is 3.73. The van der Waals surface area contributed by atoms with Gasteiger partial charge in [-0.25, -0.2) is 0 Å². The van der Waals surface area contributed by atoms with Crippen molar-refractivity contribution in [3.63, 3.8) is 0 Å². The van der Waals surface area contributed by atoms with E-state index in [0.717, 1.165) is 38.0 Å². The molecule has 0 spiro atoms. The van der Waals surface area contributed by atoms with Gasteiger partial charge in [0.1, 0.15) is 5.60 Å². The molecule has 4 nitrogen and oxygen atoms in total. The van der Waals surface area contributed by atoms with Crippen molar-refractivity contribution in [1.82, 2.24) is 0 Å². The summed E-state index contributed by atoms with van der Waals surface area (Å²) in [7, 11) is 0. The smallest absolute Gasteiger partial charge is 0.163 e. The van der Waals surface area contributed by atoms with E-state index in [0.29, 0.717) is 41.9 Å². The topological polar surface area (TPSA) is 77.8 Å². The van der Waals surface area contributed by atoms with Crippen LogP contribution in [0.4, 0.5) is 0 Å². The van der Waals surface area contributed by atoms with Gasteiger partial charge in [0.05, 0.1) is 11.7 Å². The molecule has 4 heteroatoms.